The Morgan fingerprint density at radius 3 is 2.43 bits per heavy atom. The molecule has 3 rings (SSSR count). The lowest BCUT2D eigenvalue weighted by atomic mass is 10.1. The van der Waals surface area contributed by atoms with Gasteiger partial charge in [-0.2, -0.15) is 0 Å². The number of piperazine rings is 1. The number of nitrogens with zero attached hydrogens (tertiary/aromatic N) is 2. The number of carbonyl (C=O) groups excluding carboxylic acids is 2. The molecular formula is C17H24N4O2. The molecule has 6 heteroatoms. The van der Waals surface area contributed by atoms with Crippen LogP contribution in [0.1, 0.15) is 16.8 Å². The SMILES string of the molecule is CN1CCN(C(=O)c2ccc(NC(=O)C3CCNC3)cc2)CC1. The van der Waals surface area contributed by atoms with Crippen LogP contribution in [-0.2, 0) is 4.79 Å². The Bertz CT molecular complexity index is 558. The number of anilines is 1. The first-order valence-corrected chi connectivity index (χ1v) is 8.23. The zero-order valence-electron chi connectivity index (χ0n) is 13.5. The Morgan fingerprint density at radius 1 is 1.13 bits per heavy atom. The summed E-state index contributed by atoms with van der Waals surface area (Å²) in [6.07, 6.45) is 0.881. The van der Waals surface area contributed by atoms with Gasteiger partial charge < -0.3 is 20.4 Å². The molecular weight excluding hydrogens is 292 g/mol. The average Bonchev–Trinajstić information content (AvgIpc) is 3.10. The number of benzene rings is 1. The van der Waals surface area contributed by atoms with Gasteiger partial charge in [0.1, 0.15) is 0 Å². The number of likely N-dealkylation sites (N-methyl/N-ethyl adjacent to an activating group) is 1. The van der Waals surface area contributed by atoms with Gasteiger partial charge in [-0.1, -0.05) is 0 Å². The fraction of sp³-hybridized carbons (Fsp3) is 0.529. The number of hydrogen-bond donors (Lipinski definition) is 2. The van der Waals surface area contributed by atoms with E-state index in [0.717, 1.165) is 51.4 Å². The molecule has 2 saturated heterocycles. The molecule has 1 aromatic rings. The highest BCUT2D eigenvalue weighted by Crippen LogP contribution is 2.15. The highest BCUT2D eigenvalue weighted by atomic mass is 16.2. The topological polar surface area (TPSA) is 64.7 Å². The maximum atomic E-state index is 12.5. The summed E-state index contributed by atoms with van der Waals surface area (Å²) in [4.78, 5) is 28.7. The number of rotatable bonds is 3. The minimum atomic E-state index is 0.0432. The molecule has 1 unspecified atom stereocenters. The van der Waals surface area contributed by atoms with E-state index in [9.17, 15) is 9.59 Å². The fourth-order valence-corrected chi connectivity index (χ4v) is 3.01. The lowest BCUT2D eigenvalue weighted by Crippen LogP contribution is -2.47. The van der Waals surface area contributed by atoms with E-state index < -0.39 is 0 Å². The number of amides is 2. The van der Waals surface area contributed by atoms with Gasteiger partial charge in [0, 0.05) is 44.0 Å². The summed E-state index contributed by atoms with van der Waals surface area (Å²) in [5.74, 6) is 0.158. The minimum absolute atomic E-state index is 0.0432. The molecule has 2 heterocycles. The van der Waals surface area contributed by atoms with E-state index in [1.807, 2.05) is 17.0 Å². The summed E-state index contributed by atoms with van der Waals surface area (Å²) >= 11 is 0. The highest BCUT2D eigenvalue weighted by Gasteiger charge is 2.23. The first kappa shape index (κ1) is 16.0. The maximum absolute atomic E-state index is 12.5. The van der Waals surface area contributed by atoms with Crippen LogP contribution in [0, 0.1) is 5.92 Å². The summed E-state index contributed by atoms with van der Waals surface area (Å²) in [5.41, 5.74) is 1.42. The van der Waals surface area contributed by atoms with Crippen molar-refractivity contribution in [3.05, 3.63) is 29.8 Å². The molecule has 6 nitrogen and oxygen atoms in total. The van der Waals surface area contributed by atoms with E-state index >= 15 is 0 Å². The summed E-state index contributed by atoms with van der Waals surface area (Å²) in [7, 11) is 2.07. The molecule has 0 bridgehead atoms. The van der Waals surface area contributed by atoms with Gasteiger partial charge in [-0.25, -0.2) is 0 Å². The minimum Gasteiger partial charge on any atom is -0.336 e. The van der Waals surface area contributed by atoms with Crippen LogP contribution in [0.5, 0.6) is 0 Å². The van der Waals surface area contributed by atoms with Crippen LogP contribution in [-0.4, -0.2) is 67.9 Å². The number of nitrogens with one attached hydrogen (secondary N) is 2. The molecule has 1 aromatic carbocycles. The number of hydrogen-bond acceptors (Lipinski definition) is 4. The average molecular weight is 316 g/mol. The van der Waals surface area contributed by atoms with Gasteiger partial charge in [0.25, 0.3) is 5.91 Å². The van der Waals surface area contributed by atoms with Crippen molar-refractivity contribution < 1.29 is 9.59 Å². The Morgan fingerprint density at radius 2 is 1.83 bits per heavy atom. The molecule has 2 amide bonds. The van der Waals surface area contributed by atoms with Gasteiger partial charge in [-0.15, -0.1) is 0 Å². The Kier molecular flexibility index (Phi) is 4.93. The highest BCUT2D eigenvalue weighted by molar-refractivity contribution is 5.96. The lowest BCUT2D eigenvalue weighted by Gasteiger charge is -2.32. The molecule has 0 radical (unpaired) electrons. The summed E-state index contributed by atoms with van der Waals surface area (Å²) < 4.78 is 0. The monoisotopic (exact) mass is 316 g/mol. The molecule has 0 saturated carbocycles. The molecule has 0 aromatic heterocycles. The molecule has 2 aliphatic rings. The van der Waals surface area contributed by atoms with E-state index in [1.165, 1.54) is 0 Å². The molecule has 0 aliphatic carbocycles. The van der Waals surface area contributed by atoms with Crippen LogP contribution in [0.25, 0.3) is 0 Å². The largest absolute Gasteiger partial charge is 0.336 e. The summed E-state index contributed by atoms with van der Waals surface area (Å²) in [5, 5.41) is 6.11. The smallest absolute Gasteiger partial charge is 0.253 e. The molecule has 124 valence electrons. The predicted octanol–water partition coefficient (Wildman–Crippen LogP) is 0.622. The van der Waals surface area contributed by atoms with Gasteiger partial charge in [0.05, 0.1) is 5.92 Å². The maximum Gasteiger partial charge on any atom is 0.253 e. The van der Waals surface area contributed by atoms with Crippen molar-refractivity contribution in [3.8, 4) is 0 Å². The predicted molar refractivity (Wildman–Crippen MR) is 89.4 cm³/mol. The third kappa shape index (κ3) is 3.89. The van der Waals surface area contributed by atoms with Crippen LogP contribution < -0.4 is 10.6 Å². The zero-order chi connectivity index (χ0) is 16.2. The standard InChI is InChI=1S/C17H24N4O2/c1-20-8-10-21(11-9-20)17(23)13-2-4-15(5-3-13)19-16(22)14-6-7-18-12-14/h2-5,14,18H,6-12H2,1H3,(H,19,22). The molecule has 2 N–H and O–H groups in total. The van der Waals surface area contributed by atoms with Gasteiger partial charge in [0.15, 0.2) is 0 Å². The third-order valence-electron chi connectivity index (χ3n) is 4.62. The Labute approximate surface area is 136 Å². The van der Waals surface area contributed by atoms with Gasteiger partial charge in [0.2, 0.25) is 5.91 Å². The van der Waals surface area contributed by atoms with Crippen LogP contribution in [0.4, 0.5) is 5.69 Å². The van der Waals surface area contributed by atoms with Crippen molar-refractivity contribution in [2.24, 2.45) is 5.92 Å². The van der Waals surface area contributed by atoms with Crippen LogP contribution in [0.3, 0.4) is 0 Å². The molecule has 0 spiro atoms. The van der Waals surface area contributed by atoms with Crippen molar-refractivity contribution >= 4 is 17.5 Å². The van der Waals surface area contributed by atoms with E-state index in [0.29, 0.717) is 5.56 Å². The van der Waals surface area contributed by atoms with Crippen molar-refractivity contribution in [2.45, 2.75) is 6.42 Å². The van der Waals surface area contributed by atoms with Crippen LogP contribution >= 0.6 is 0 Å². The third-order valence-corrected chi connectivity index (χ3v) is 4.62. The van der Waals surface area contributed by atoms with Gasteiger partial charge in [-0.3, -0.25) is 9.59 Å². The second-order valence-corrected chi connectivity index (χ2v) is 6.35. The quantitative estimate of drug-likeness (QED) is 0.858. The van der Waals surface area contributed by atoms with Crippen molar-refractivity contribution in [3.63, 3.8) is 0 Å². The zero-order valence-corrected chi connectivity index (χ0v) is 13.5. The van der Waals surface area contributed by atoms with Gasteiger partial charge in [-0.05, 0) is 44.3 Å². The van der Waals surface area contributed by atoms with Crippen molar-refractivity contribution in [1.29, 1.82) is 0 Å². The van der Waals surface area contributed by atoms with Crippen molar-refractivity contribution in [1.82, 2.24) is 15.1 Å². The molecule has 2 fully saturated rings. The van der Waals surface area contributed by atoms with Gasteiger partial charge >= 0.3 is 0 Å². The summed E-state index contributed by atoms with van der Waals surface area (Å²) in [6, 6.07) is 7.21. The second-order valence-electron chi connectivity index (χ2n) is 6.35. The number of carbonyl (C=O) groups is 2. The van der Waals surface area contributed by atoms with E-state index in [-0.39, 0.29) is 17.7 Å². The first-order valence-electron chi connectivity index (χ1n) is 8.23. The van der Waals surface area contributed by atoms with Crippen molar-refractivity contribution in [2.75, 3.05) is 51.6 Å². The molecule has 2 aliphatic heterocycles. The normalized spacial score (nSPS) is 22.1. The molecule has 1 atom stereocenters. The van der Waals surface area contributed by atoms with Crippen LogP contribution in [0.15, 0.2) is 24.3 Å². The van der Waals surface area contributed by atoms with E-state index in [1.54, 1.807) is 12.1 Å². The molecule has 23 heavy (non-hydrogen) atoms. The Hall–Kier alpha value is -1.92. The summed E-state index contributed by atoms with van der Waals surface area (Å²) in [6.45, 7) is 5.00. The lowest BCUT2D eigenvalue weighted by molar-refractivity contribution is -0.119. The fourth-order valence-electron chi connectivity index (χ4n) is 3.01. The van der Waals surface area contributed by atoms with E-state index in [4.69, 9.17) is 0 Å². The van der Waals surface area contributed by atoms with Crippen LogP contribution in [0.2, 0.25) is 0 Å². The second kappa shape index (κ2) is 7.10. The first-order chi connectivity index (χ1) is 11.1. The Balaban J connectivity index is 1.58. The van der Waals surface area contributed by atoms with E-state index in [2.05, 4.69) is 22.6 Å².